The smallest absolute Gasteiger partial charge is 0.325 e. The first-order valence-corrected chi connectivity index (χ1v) is 12.0. The maximum absolute atomic E-state index is 13.5. The monoisotopic (exact) mass is 531 g/mol. The lowest BCUT2D eigenvalue weighted by Gasteiger charge is -2.08. The molecule has 0 aliphatic carbocycles. The van der Waals surface area contributed by atoms with Gasteiger partial charge in [-0.2, -0.15) is 4.99 Å². The number of carbonyl (C=O) groups is 2. The van der Waals surface area contributed by atoms with Gasteiger partial charge in [-0.3, -0.25) is 9.59 Å². The van der Waals surface area contributed by atoms with Crippen LogP contribution in [0, 0.1) is 0 Å². The van der Waals surface area contributed by atoms with Crippen LogP contribution < -0.4 is 4.80 Å². The molecule has 8 heteroatoms. The first-order valence-electron chi connectivity index (χ1n) is 10.4. The van der Waals surface area contributed by atoms with Crippen LogP contribution in [0.2, 0.25) is 0 Å². The molecule has 0 saturated carbocycles. The number of hydrogen-bond donors (Lipinski definition) is 0. The van der Waals surface area contributed by atoms with Crippen molar-refractivity contribution < 1.29 is 14.3 Å². The molecule has 0 N–H and O–H groups in total. The molecule has 0 aliphatic heterocycles. The van der Waals surface area contributed by atoms with Crippen LogP contribution in [0.15, 0.2) is 88.3 Å². The lowest BCUT2D eigenvalue weighted by Crippen LogP contribution is -2.22. The van der Waals surface area contributed by atoms with Crippen molar-refractivity contribution in [3.05, 3.63) is 93.7 Å². The Balaban J connectivity index is 1.70. The molecule has 0 saturated heterocycles. The highest BCUT2D eigenvalue weighted by Gasteiger charge is 2.16. The third-order valence-electron chi connectivity index (χ3n) is 5.37. The third kappa shape index (κ3) is 4.30. The Hall–Kier alpha value is -3.62. The maximum atomic E-state index is 13.5. The van der Waals surface area contributed by atoms with E-state index in [0.717, 1.165) is 25.6 Å². The van der Waals surface area contributed by atoms with Crippen molar-refractivity contribution in [1.29, 1.82) is 0 Å². The predicted octanol–water partition coefficient (Wildman–Crippen LogP) is 5.59. The number of fused-ring (bicyclic) bond motifs is 2. The van der Waals surface area contributed by atoms with E-state index >= 15 is 0 Å². The maximum Gasteiger partial charge on any atom is 0.325 e. The predicted molar refractivity (Wildman–Crippen MR) is 137 cm³/mol. The fourth-order valence-electron chi connectivity index (χ4n) is 3.74. The van der Waals surface area contributed by atoms with E-state index < -0.39 is 11.9 Å². The SMILES string of the molecule is COC(=O)Cn1c(=NC(=O)c2cc(-c3ccccc3)nc3ccccc23)sc2cc(Br)ccc21. The fraction of sp³-hybridized carbons (Fsp3) is 0.0769. The summed E-state index contributed by atoms with van der Waals surface area (Å²) >= 11 is 4.82. The van der Waals surface area contributed by atoms with Crippen LogP contribution in [0.1, 0.15) is 10.4 Å². The summed E-state index contributed by atoms with van der Waals surface area (Å²) in [5.74, 6) is -0.822. The average Bonchev–Trinajstić information content (AvgIpc) is 3.19. The summed E-state index contributed by atoms with van der Waals surface area (Å²) in [6.07, 6.45) is 0. The zero-order valence-corrected chi connectivity index (χ0v) is 20.5. The molecule has 34 heavy (non-hydrogen) atoms. The molecule has 0 unspecified atom stereocenters. The van der Waals surface area contributed by atoms with Crippen molar-refractivity contribution in [2.45, 2.75) is 6.54 Å². The molecular weight excluding hydrogens is 514 g/mol. The van der Waals surface area contributed by atoms with Gasteiger partial charge in [0.05, 0.1) is 34.1 Å². The minimum absolute atomic E-state index is 0.0450. The topological polar surface area (TPSA) is 73.6 Å². The molecule has 2 heterocycles. The Kier molecular flexibility index (Phi) is 6.08. The molecule has 6 nitrogen and oxygen atoms in total. The number of hydrogen-bond acceptors (Lipinski definition) is 5. The molecule has 5 rings (SSSR count). The zero-order chi connectivity index (χ0) is 23.7. The lowest BCUT2D eigenvalue weighted by molar-refractivity contribution is -0.141. The van der Waals surface area contributed by atoms with Gasteiger partial charge in [0.15, 0.2) is 4.80 Å². The first kappa shape index (κ1) is 22.2. The van der Waals surface area contributed by atoms with E-state index in [1.807, 2.05) is 72.8 Å². The van der Waals surface area contributed by atoms with E-state index in [9.17, 15) is 9.59 Å². The summed E-state index contributed by atoms with van der Waals surface area (Å²) in [6, 6.07) is 24.7. The van der Waals surface area contributed by atoms with Gasteiger partial charge in [0.2, 0.25) is 0 Å². The number of benzene rings is 3. The third-order valence-corrected chi connectivity index (χ3v) is 6.91. The van der Waals surface area contributed by atoms with E-state index in [1.54, 1.807) is 10.6 Å². The van der Waals surface area contributed by atoms with Gasteiger partial charge in [0.25, 0.3) is 5.91 Å². The number of pyridine rings is 1. The van der Waals surface area contributed by atoms with Gasteiger partial charge < -0.3 is 9.30 Å². The molecule has 0 bridgehead atoms. The quantitative estimate of drug-likeness (QED) is 0.283. The van der Waals surface area contributed by atoms with E-state index in [2.05, 4.69) is 20.9 Å². The molecular formula is C26H18BrN3O3S. The summed E-state index contributed by atoms with van der Waals surface area (Å²) in [7, 11) is 1.34. The number of carbonyl (C=O) groups excluding carboxylic acids is 2. The van der Waals surface area contributed by atoms with Crippen LogP contribution in [0.25, 0.3) is 32.4 Å². The standard InChI is InChI=1S/C26H18BrN3O3S/c1-33-24(31)15-30-22-12-11-17(27)13-23(22)34-26(30)29-25(32)19-14-21(16-7-3-2-4-8-16)28-20-10-6-5-9-18(19)20/h2-14H,15H2,1H3. The molecule has 0 spiro atoms. The highest BCUT2D eigenvalue weighted by molar-refractivity contribution is 9.10. The van der Waals surface area contributed by atoms with E-state index in [0.29, 0.717) is 21.6 Å². The molecule has 168 valence electrons. The molecule has 5 aromatic rings. The number of halogens is 1. The lowest BCUT2D eigenvalue weighted by atomic mass is 10.0. The molecule has 0 aliphatic rings. The number of aromatic nitrogens is 2. The first-order chi connectivity index (χ1) is 16.5. The second kappa shape index (κ2) is 9.32. The number of para-hydroxylation sites is 1. The Labute approximate surface area is 207 Å². The van der Waals surface area contributed by atoms with Crippen molar-refractivity contribution in [3.63, 3.8) is 0 Å². The second-order valence-corrected chi connectivity index (χ2v) is 9.44. The Morgan fingerprint density at radius 3 is 2.59 bits per heavy atom. The Bertz CT molecular complexity index is 1620. The van der Waals surface area contributed by atoms with Gasteiger partial charge in [-0.05, 0) is 30.3 Å². The van der Waals surface area contributed by atoms with E-state index in [-0.39, 0.29) is 6.54 Å². The van der Waals surface area contributed by atoms with Crippen LogP contribution >= 0.6 is 27.3 Å². The van der Waals surface area contributed by atoms with Gasteiger partial charge in [0.1, 0.15) is 6.54 Å². The summed E-state index contributed by atoms with van der Waals surface area (Å²) in [5, 5.41) is 0.722. The van der Waals surface area contributed by atoms with Crippen LogP contribution in [0.4, 0.5) is 0 Å². The van der Waals surface area contributed by atoms with Gasteiger partial charge in [-0.15, -0.1) is 0 Å². The second-order valence-electron chi connectivity index (χ2n) is 7.51. The molecule has 1 amide bonds. The number of ether oxygens (including phenoxy) is 1. The summed E-state index contributed by atoms with van der Waals surface area (Å²) < 4.78 is 8.37. The van der Waals surface area contributed by atoms with Gasteiger partial charge in [-0.1, -0.05) is 75.8 Å². The molecule has 0 atom stereocenters. The number of esters is 1. The van der Waals surface area contributed by atoms with Gasteiger partial charge >= 0.3 is 5.97 Å². The van der Waals surface area contributed by atoms with Crippen molar-refractivity contribution in [2.75, 3.05) is 7.11 Å². The molecule has 2 aromatic heterocycles. The highest BCUT2D eigenvalue weighted by atomic mass is 79.9. The average molecular weight is 532 g/mol. The van der Waals surface area contributed by atoms with Gasteiger partial charge in [0, 0.05) is 15.4 Å². The summed E-state index contributed by atoms with van der Waals surface area (Å²) in [5.41, 5.74) is 3.57. The zero-order valence-electron chi connectivity index (χ0n) is 18.1. The molecule has 0 radical (unpaired) electrons. The van der Waals surface area contributed by atoms with Crippen molar-refractivity contribution in [3.8, 4) is 11.3 Å². The van der Waals surface area contributed by atoms with Crippen LogP contribution in [0.5, 0.6) is 0 Å². The van der Waals surface area contributed by atoms with Crippen molar-refractivity contribution in [2.24, 2.45) is 4.99 Å². The molecule has 0 fully saturated rings. The number of thiazole rings is 1. The largest absolute Gasteiger partial charge is 0.468 e. The van der Waals surface area contributed by atoms with Crippen molar-refractivity contribution in [1.82, 2.24) is 9.55 Å². The van der Waals surface area contributed by atoms with E-state index in [4.69, 9.17) is 9.72 Å². The number of amides is 1. The van der Waals surface area contributed by atoms with Crippen LogP contribution in [0.3, 0.4) is 0 Å². The summed E-state index contributed by atoms with van der Waals surface area (Å²) in [4.78, 5) is 35.3. The number of rotatable bonds is 4. The summed E-state index contributed by atoms with van der Waals surface area (Å²) in [6.45, 7) is -0.0450. The van der Waals surface area contributed by atoms with Crippen LogP contribution in [-0.4, -0.2) is 28.5 Å². The molecule has 3 aromatic carbocycles. The Morgan fingerprint density at radius 1 is 1.03 bits per heavy atom. The minimum atomic E-state index is -0.419. The number of methoxy groups -OCH3 is 1. The van der Waals surface area contributed by atoms with Gasteiger partial charge in [-0.25, -0.2) is 4.98 Å². The van der Waals surface area contributed by atoms with Crippen LogP contribution in [-0.2, 0) is 16.1 Å². The van der Waals surface area contributed by atoms with E-state index in [1.165, 1.54) is 18.4 Å². The fourth-order valence-corrected chi connectivity index (χ4v) is 5.31. The number of nitrogens with zero attached hydrogens (tertiary/aromatic N) is 3. The highest BCUT2D eigenvalue weighted by Crippen LogP contribution is 2.26. The normalized spacial score (nSPS) is 11.8. The minimum Gasteiger partial charge on any atom is -0.468 e. The van der Waals surface area contributed by atoms with Crippen molar-refractivity contribution >= 4 is 60.3 Å². The Morgan fingerprint density at radius 2 is 1.79 bits per heavy atom.